The van der Waals surface area contributed by atoms with Crippen LogP contribution in [0.2, 0.25) is 0 Å². The lowest BCUT2D eigenvalue weighted by Crippen LogP contribution is -2.17. The third-order valence-electron chi connectivity index (χ3n) is 8.37. The van der Waals surface area contributed by atoms with Crippen LogP contribution in [0.3, 0.4) is 0 Å². The number of benzene rings is 5. The lowest BCUT2D eigenvalue weighted by molar-refractivity contribution is -0.137. The van der Waals surface area contributed by atoms with Gasteiger partial charge in [-0.2, -0.15) is 13.2 Å². The van der Waals surface area contributed by atoms with Crippen LogP contribution in [0.4, 0.5) is 17.6 Å². The van der Waals surface area contributed by atoms with Gasteiger partial charge < -0.3 is 31.6 Å². The van der Waals surface area contributed by atoms with Gasteiger partial charge in [0.1, 0.15) is 23.1 Å². The van der Waals surface area contributed by atoms with E-state index in [9.17, 15) is 37.8 Å². The van der Waals surface area contributed by atoms with Gasteiger partial charge in [-0.25, -0.2) is 4.39 Å². The zero-order chi connectivity index (χ0) is 37.7. The second kappa shape index (κ2) is 15.6. The van der Waals surface area contributed by atoms with E-state index in [2.05, 4.69) is 21.1 Å². The van der Waals surface area contributed by atoms with Crippen LogP contribution < -0.4 is 16.2 Å². The van der Waals surface area contributed by atoms with E-state index < -0.39 is 23.5 Å². The predicted molar refractivity (Wildman–Crippen MR) is 195 cm³/mol. The summed E-state index contributed by atoms with van der Waals surface area (Å²) < 4.78 is 60.0. The molecular weight excluding hydrogens is 746 g/mol. The second-order valence-electron chi connectivity index (χ2n) is 11.7. The third-order valence-corrected chi connectivity index (χ3v) is 8.83. The molecule has 0 atom stereocenters. The summed E-state index contributed by atoms with van der Waals surface area (Å²) in [5, 5.41) is 31.4. The van der Waals surface area contributed by atoms with E-state index in [-0.39, 0.29) is 28.5 Å². The van der Waals surface area contributed by atoms with E-state index in [1.165, 1.54) is 49.6 Å². The molecule has 0 saturated heterocycles. The van der Waals surface area contributed by atoms with Gasteiger partial charge in [-0.05, 0) is 119 Å². The molecule has 0 radical (unpaired) electrons. The van der Waals surface area contributed by atoms with Crippen molar-refractivity contribution in [3.63, 3.8) is 0 Å². The fraction of sp³-hybridized carbons (Fsp3) is 0.128. The maximum absolute atomic E-state index is 14.0. The minimum Gasteiger partial charge on any atom is -0.508 e. The van der Waals surface area contributed by atoms with Crippen molar-refractivity contribution < 1.29 is 42.5 Å². The van der Waals surface area contributed by atoms with Crippen molar-refractivity contribution in [3.8, 4) is 50.6 Å². The number of primary amides is 1. The van der Waals surface area contributed by atoms with Gasteiger partial charge in [0.2, 0.25) is 5.91 Å². The number of hydrogen-bond acceptors (Lipinski definition) is 6. The molecule has 0 bridgehead atoms. The second-order valence-corrected chi connectivity index (χ2v) is 12.6. The SMILES string of the molecule is COc1ccc(F)cc1-c1c(C(N)=NO)cc(Br)cc1-c1ccc(O)cc1.NC(=O)c1cc(C(F)(F)F)cc(-c2ccc(O)cc2)c1C1=CCCC1. The number of rotatable bonds is 7. The Kier molecular flexibility index (Phi) is 11.2. The summed E-state index contributed by atoms with van der Waals surface area (Å²) in [6.45, 7) is 0. The molecule has 0 saturated carbocycles. The first-order chi connectivity index (χ1) is 24.7. The van der Waals surface area contributed by atoms with Crippen molar-refractivity contribution in [2.75, 3.05) is 7.11 Å². The van der Waals surface area contributed by atoms with E-state index >= 15 is 0 Å². The number of carbonyl (C=O) groups is 1. The van der Waals surface area contributed by atoms with E-state index in [1.807, 2.05) is 12.1 Å². The van der Waals surface area contributed by atoms with Crippen LogP contribution in [0.15, 0.2) is 107 Å². The number of hydrogen-bond donors (Lipinski definition) is 5. The van der Waals surface area contributed by atoms with Crippen molar-refractivity contribution in [1.29, 1.82) is 0 Å². The highest BCUT2D eigenvalue weighted by molar-refractivity contribution is 9.10. The number of phenols is 2. The van der Waals surface area contributed by atoms with Gasteiger partial charge in [0, 0.05) is 26.7 Å². The van der Waals surface area contributed by atoms with Crippen molar-refractivity contribution in [1.82, 2.24) is 0 Å². The molecule has 0 spiro atoms. The monoisotopic (exact) mass is 777 g/mol. The Morgan fingerprint density at radius 3 is 1.90 bits per heavy atom. The molecule has 0 aliphatic heterocycles. The Hall–Kier alpha value is -5.82. The zero-order valence-corrected chi connectivity index (χ0v) is 29.1. The summed E-state index contributed by atoms with van der Waals surface area (Å²) in [5.74, 6) is -0.907. The molecule has 0 aromatic heterocycles. The van der Waals surface area contributed by atoms with Crippen LogP contribution in [0.5, 0.6) is 17.2 Å². The number of phenolic OH excluding ortho intramolecular Hbond substituents is 2. The van der Waals surface area contributed by atoms with Gasteiger partial charge >= 0.3 is 6.18 Å². The highest BCUT2D eigenvalue weighted by Gasteiger charge is 2.34. The normalized spacial score (nSPS) is 12.9. The average Bonchev–Trinajstić information content (AvgIpc) is 3.66. The van der Waals surface area contributed by atoms with Gasteiger partial charge in [0.15, 0.2) is 5.84 Å². The number of halogens is 5. The number of amides is 1. The highest BCUT2D eigenvalue weighted by atomic mass is 79.9. The maximum atomic E-state index is 14.0. The molecule has 268 valence electrons. The van der Waals surface area contributed by atoms with Crippen LogP contribution in [-0.2, 0) is 6.18 Å². The van der Waals surface area contributed by atoms with E-state index in [0.717, 1.165) is 36.1 Å². The minimum atomic E-state index is -4.60. The Morgan fingerprint density at radius 2 is 1.40 bits per heavy atom. The van der Waals surface area contributed by atoms with Gasteiger partial charge in [0.05, 0.1) is 12.7 Å². The van der Waals surface area contributed by atoms with Crippen LogP contribution in [0.1, 0.15) is 46.3 Å². The first kappa shape index (κ1) is 37.4. The smallest absolute Gasteiger partial charge is 0.416 e. The molecule has 5 aromatic rings. The largest absolute Gasteiger partial charge is 0.508 e. The average molecular weight is 779 g/mol. The summed E-state index contributed by atoms with van der Waals surface area (Å²) in [5.41, 5.74) is 15.1. The third kappa shape index (κ3) is 8.21. The van der Waals surface area contributed by atoms with Gasteiger partial charge in [-0.1, -0.05) is 51.4 Å². The molecule has 1 amide bonds. The summed E-state index contributed by atoms with van der Waals surface area (Å²) in [4.78, 5) is 11.9. The Balaban J connectivity index is 0.000000202. The van der Waals surface area contributed by atoms with Gasteiger partial charge in [-0.3, -0.25) is 4.79 Å². The number of allylic oxidation sites excluding steroid dienone is 2. The Bertz CT molecular complexity index is 2190. The van der Waals surface area contributed by atoms with Crippen molar-refractivity contribution >= 4 is 33.2 Å². The molecule has 0 heterocycles. The molecule has 5 aromatic carbocycles. The van der Waals surface area contributed by atoms with Crippen molar-refractivity contribution in [3.05, 3.63) is 130 Å². The first-order valence-electron chi connectivity index (χ1n) is 15.7. The minimum absolute atomic E-state index is 0.00693. The molecule has 0 unspecified atom stereocenters. The highest BCUT2D eigenvalue weighted by Crippen LogP contribution is 2.43. The van der Waals surface area contributed by atoms with E-state index in [0.29, 0.717) is 50.0 Å². The Morgan fingerprint density at radius 1 is 0.808 bits per heavy atom. The van der Waals surface area contributed by atoms with E-state index in [1.54, 1.807) is 30.3 Å². The van der Waals surface area contributed by atoms with Crippen molar-refractivity contribution in [2.45, 2.75) is 25.4 Å². The number of aromatic hydroxyl groups is 2. The number of amidine groups is 1. The molecule has 52 heavy (non-hydrogen) atoms. The maximum Gasteiger partial charge on any atom is 0.416 e. The number of nitrogens with two attached hydrogens (primary N) is 2. The van der Waals surface area contributed by atoms with Crippen LogP contribution in [0, 0.1) is 5.82 Å². The Labute approximate surface area is 304 Å². The summed E-state index contributed by atoms with van der Waals surface area (Å²) in [6, 6.07) is 21.9. The molecular formula is C39H32BrF4N3O5. The van der Waals surface area contributed by atoms with Gasteiger partial charge in [0.25, 0.3) is 0 Å². The number of nitrogens with zero attached hydrogens (tertiary/aromatic N) is 1. The number of carbonyl (C=O) groups excluding carboxylic acids is 1. The summed E-state index contributed by atoms with van der Waals surface area (Å²) >= 11 is 3.43. The summed E-state index contributed by atoms with van der Waals surface area (Å²) in [7, 11) is 1.49. The zero-order valence-electron chi connectivity index (χ0n) is 27.5. The van der Waals surface area contributed by atoms with E-state index in [4.69, 9.17) is 16.2 Å². The first-order valence-corrected chi connectivity index (χ1v) is 16.5. The molecule has 8 nitrogen and oxygen atoms in total. The molecule has 6 rings (SSSR count). The quantitative estimate of drug-likeness (QED) is 0.0365. The standard InChI is InChI=1S/C20H16BrFN2O3.C19H16F3NO2/c1-27-18-7-4-13(22)10-16(18)19-15(11-2-5-14(25)6-3-11)8-12(21)9-17(19)20(23)24-26;20-19(21,22)13-9-15(11-5-7-14(24)8-6-11)17(12-3-1-2-4-12)16(10-13)18(23)25/h2-10,25-26H,1H3,(H2,23,24);3,5-10,24H,1-2,4H2,(H2,23,25). The molecule has 0 fully saturated rings. The van der Waals surface area contributed by atoms with Crippen LogP contribution >= 0.6 is 15.9 Å². The fourth-order valence-electron chi connectivity index (χ4n) is 6.01. The lowest BCUT2D eigenvalue weighted by atomic mass is 9.87. The molecule has 1 aliphatic carbocycles. The topological polar surface area (TPSA) is 151 Å². The van der Waals surface area contributed by atoms with Gasteiger partial charge in [-0.15, -0.1) is 0 Å². The number of ether oxygens (including phenoxy) is 1. The fourth-order valence-corrected chi connectivity index (χ4v) is 6.47. The van der Waals surface area contributed by atoms with Crippen LogP contribution in [0.25, 0.3) is 39.0 Å². The summed E-state index contributed by atoms with van der Waals surface area (Å²) in [6.07, 6.45) is -0.304. The van der Waals surface area contributed by atoms with Crippen LogP contribution in [-0.4, -0.2) is 34.3 Å². The number of oxime groups is 1. The molecule has 13 heteroatoms. The molecule has 1 aliphatic rings. The predicted octanol–water partition coefficient (Wildman–Crippen LogP) is 9.48. The number of methoxy groups -OCH3 is 1. The van der Waals surface area contributed by atoms with Crippen molar-refractivity contribution in [2.24, 2.45) is 16.6 Å². The molecule has 7 N–H and O–H groups in total. The lowest BCUT2D eigenvalue weighted by Gasteiger charge is -2.18. The number of alkyl halides is 3.